The molecule has 28 heavy (non-hydrogen) atoms. The van der Waals surface area contributed by atoms with Crippen LogP contribution in [0.3, 0.4) is 0 Å². The van der Waals surface area contributed by atoms with Gasteiger partial charge in [-0.2, -0.15) is 0 Å². The van der Waals surface area contributed by atoms with Crippen LogP contribution in [-0.2, 0) is 4.79 Å². The number of carbonyl (C=O) groups is 2. The van der Waals surface area contributed by atoms with E-state index < -0.39 is 0 Å². The third-order valence-electron chi connectivity index (χ3n) is 4.66. The lowest BCUT2D eigenvalue weighted by Crippen LogP contribution is -2.35. The predicted octanol–water partition coefficient (Wildman–Crippen LogP) is 3.76. The van der Waals surface area contributed by atoms with E-state index in [0.29, 0.717) is 17.9 Å². The minimum atomic E-state index is -0.151. The molecule has 0 unspecified atom stereocenters. The minimum Gasteiger partial charge on any atom is -0.494 e. The fourth-order valence-electron chi connectivity index (χ4n) is 3.23. The van der Waals surface area contributed by atoms with Crippen molar-refractivity contribution in [2.75, 3.05) is 36.9 Å². The van der Waals surface area contributed by atoms with E-state index in [2.05, 4.69) is 10.6 Å². The highest BCUT2D eigenvalue weighted by molar-refractivity contribution is 5.95. The van der Waals surface area contributed by atoms with Crippen LogP contribution in [0.5, 0.6) is 5.75 Å². The van der Waals surface area contributed by atoms with E-state index in [4.69, 9.17) is 4.74 Å². The van der Waals surface area contributed by atoms with Crippen LogP contribution in [0.4, 0.5) is 11.4 Å². The molecule has 2 N–H and O–H groups in total. The number of hydrogen-bond donors (Lipinski definition) is 2. The van der Waals surface area contributed by atoms with E-state index in [9.17, 15) is 9.59 Å². The van der Waals surface area contributed by atoms with E-state index in [1.807, 2.05) is 54.3 Å². The molecule has 0 aliphatic carbocycles. The average Bonchev–Trinajstić information content (AvgIpc) is 2.73. The molecule has 0 atom stereocenters. The van der Waals surface area contributed by atoms with E-state index in [1.54, 1.807) is 6.07 Å². The number of piperidine rings is 1. The van der Waals surface area contributed by atoms with Gasteiger partial charge in [0, 0.05) is 36.1 Å². The highest BCUT2D eigenvalue weighted by atomic mass is 16.5. The van der Waals surface area contributed by atoms with Gasteiger partial charge < -0.3 is 20.3 Å². The SMILES string of the molecule is CCOc1cccc(NC(=O)CNc2ccc(C(=O)N3CCCCC3)cc2)c1. The summed E-state index contributed by atoms with van der Waals surface area (Å²) in [6, 6.07) is 14.6. The van der Waals surface area contributed by atoms with Gasteiger partial charge >= 0.3 is 0 Å². The number of amides is 2. The molecule has 2 aromatic carbocycles. The second kappa shape index (κ2) is 9.78. The maximum absolute atomic E-state index is 12.5. The Hall–Kier alpha value is -3.02. The Morgan fingerprint density at radius 3 is 2.46 bits per heavy atom. The molecule has 148 valence electrons. The topological polar surface area (TPSA) is 70.7 Å². The molecule has 1 fully saturated rings. The molecule has 1 aliphatic rings. The zero-order chi connectivity index (χ0) is 19.8. The first-order valence-corrected chi connectivity index (χ1v) is 9.81. The first-order chi connectivity index (χ1) is 13.7. The van der Waals surface area contributed by atoms with Gasteiger partial charge in [0.15, 0.2) is 0 Å². The van der Waals surface area contributed by atoms with Gasteiger partial charge in [-0.15, -0.1) is 0 Å². The molecule has 3 rings (SSSR count). The quantitative estimate of drug-likeness (QED) is 0.766. The van der Waals surface area contributed by atoms with Gasteiger partial charge in [0.25, 0.3) is 5.91 Å². The summed E-state index contributed by atoms with van der Waals surface area (Å²) < 4.78 is 5.43. The zero-order valence-corrected chi connectivity index (χ0v) is 16.2. The molecular formula is C22H27N3O3. The average molecular weight is 381 g/mol. The molecular weight excluding hydrogens is 354 g/mol. The Labute approximate surface area is 165 Å². The number of nitrogens with one attached hydrogen (secondary N) is 2. The number of anilines is 2. The first kappa shape index (κ1) is 19.7. The largest absolute Gasteiger partial charge is 0.494 e. The smallest absolute Gasteiger partial charge is 0.253 e. The highest BCUT2D eigenvalue weighted by Gasteiger charge is 2.17. The van der Waals surface area contributed by atoms with E-state index in [-0.39, 0.29) is 18.4 Å². The van der Waals surface area contributed by atoms with Gasteiger partial charge in [0.1, 0.15) is 5.75 Å². The summed E-state index contributed by atoms with van der Waals surface area (Å²) in [6.07, 6.45) is 3.35. The number of ether oxygens (including phenoxy) is 1. The first-order valence-electron chi connectivity index (χ1n) is 9.81. The summed E-state index contributed by atoms with van der Waals surface area (Å²) >= 11 is 0. The van der Waals surface area contributed by atoms with Gasteiger partial charge in [-0.05, 0) is 62.6 Å². The number of benzene rings is 2. The molecule has 0 bridgehead atoms. The van der Waals surface area contributed by atoms with Crippen molar-refractivity contribution in [2.24, 2.45) is 0 Å². The highest BCUT2D eigenvalue weighted by Crippen LogP contribution is 2.18. The monoisotopic (exact) mass is 381 g/mol. The molecule has 1 saturated heterocycles. The van der Waals surface area contributed by atoms with Crippen molar-refractivity contribution in [3.8, 4) is 5.75 Å². The van der Waals surface area contributed by atoms with Crippen LogP contribution in [0.25, 0.3) is 0 Å². The molecule has 1 heterocycles. The molecule has 0 saturated carbocycles. The van der Waals surface area contributed by atoms with Gasteiger partial charge in [0.05, 0.1) is 13.2 Å². The zero-order valence-electron chi connectivity index (χ0n) is 16.2. The summed E-state index contributed by atoms with van der Waals surface area (Å²) in [5, 5.41) is 5.92. The van der Waals surface area contributed by atoms with Gasteiger partial charge in [-0.1, -0.05) is 6.07 Å². The van der Waals surface area contributed by atoms with Crippen LogP contribution in [0.2, 0.25) is 0 Å². The third kappa shape index (κ3) is 5.49. The predicted molar refractivity (Wildman–Crippen MR) is 111 cm³/mol. The number of likely N-dealkylation sites (tertiary alicyclic amines) is 1. The normalized spacial score (nSPS) is 13.7. The van der Waals surface area contributed by atoms with Crippen LogP contribution >= 0.6 is 0 Å². The molecule has 6 heteroatoms. The second-order valence-electron chi connectivity index (χ2n) is 6.79. The molecule has 0 radical (unpaired) electrons. The summed E-state index contributed by atoms with van der Waals surface area (Å²) in [5.41, 5.74) is 2.18. The van der Waals surface area contributed by atoms with Gasteiger partial charge in [-0.25, -0.2) is 0 Å². The van der Waals surface area contributed by atoms with E-state index in [0.717, 1.165) is 37.4 Å². The lowest BCUT2D eigenvalue weighted by Gasteiger charge is -2.26. The lowest BCUT2D eigenvalue weighted by atomic mass is 10.1. The second-order valence-corrected chi connectivity index (χ2v) is 6.79. The van der Waals surface area contributed by atoms with E-state index >= 15 is 0 Å². The summed E-state index contributed by atoms with van der Waals surface area (Å²) in [4.78, 5) is 26.6. The summed E-state index contributed by atoms with van der Waals surface area (Å²) in [5.74, 6) is 0.655. The van der Waals surface area contributed by atoms with Crippen LogP contribution in [-0.4, -0.2) is 43.0 Å². The lowest BCUT2D eigenvalue weighted by molar-refractivity contribution is -0.114. The maximum atomic E-state index is 12.5. The van der Waals surface area contributed by atoms with Crippen LogP contribution in [0.1, 0.15) is 36.5 Å². The molecule has 2 aromatic rings. The standard InChI is InChI=1S/C22H27N3O3/c1-2-28-20-8-6-7-19(15-20)24-21(26)16-23-18-11-9-17(10-12-18)22(27)25-13-4-3-5-14-25/h6-12,15,23H,2-5,13-14,16H2,1H3,(H,24,26). The van der Waals surface area contributed by atoms with Crippen molar-refractivity contribution in [3.05, 3.63) is 54.1 Å². The Morgan fingerprint density at radius 1 is 1.00 bits per heavy atom. The summed E-state index contributed by atoms with van der Waals surface area (Å²) in [7, 11) is 0. The number of nitrogens with zero attached hydrogens (tertiary/aromatic N) is 1. The van der Waals surface area contributed by atoms with Crippen molar-refractivity contribution in [3.63, 3.8) is 0 Å². The van der Waals surface area contributed by atoms with Crippen molar-refractivity contribution in [2.45, 2.75) is 26.2 Å². The van der Waals surface area contributed by atoms with Crippen molar-refractivity contribution in [1.82, 2.24) is 4.90 Å². The Morgan fingerprint density at radius 2 is 1.75 bits per heavy atom. The Kier molecular flexibility index (Phi) is 6.89. The van der Waals surface area contributed by atoms with Crippen molar-refractivity contribution < 1.29 is 14.3 Å². The molecule has 0 aromatic heterocycles. The maximum Gasteiger partial charge on any atom is 0.253 e. The third-order valence-corrected chi connectivity index (χ3v) is 4.66. The van der Waals surface area contributed by atoms with Gasteiger partial charge in [0.2, 0.25) is 5.91 Å². The van der Waals surface area contributed by atoms with Crippen molar-refractivity contribution >= 4 is 23.2 Å². The fraction of sp³-hybridized carbons (Fsp3) is 0.364. The van der Waals surface area contributed by atoms with Crippen LogP contribution in [0, 0.1) is 0 Å². The Bertz CT molecular complexity index is 799. The van der Waals surface area contributed by atoms with Crippen LogP contribution < -0.4 is 15.4 Å². The number of rotatable bonds is 7. The fourth-order valence-corrected chi connectivity index (χ4v) is 3.23. The number of hydrogen-bond acceptors (Lipinski definition) is 4. The summed E-state index contributed by atoms with van der Waals surface area (Å²) in [6.45, 7) is 4.31. The Balaban J connectivity index is 1.49. The minimum absolute atomic E-state index is 0.0816. The molecule has 1 aliphatic heterocycles. The molecule has 6 nitrogen and oxygen atoms in total. The number of carbonyl (C=O) groups excluding carboxylic acids is 2. The molecule has 0 spiro atoms. The molecule has 2 amide bonds. The van der Waals surface area contributed by atoms with Gasteiger partial charge in [-0.3, -0.25) is 9.59 Å². The van der Waals surface area contributed by atoms with E-state index in [1.165, 1.54) is 6.42 Å². The van der Waals surface area contributed by atoms with Crippen molar-refractivity contribution in [1.29, 1.82) is 0 Å². The van der Waals surface area contributed by atoms with Crippen LogP contribution in [0.15, 0.2) is 48.5 Å².